The zero-order valence-corrected chi connectivity index (χ0v) is 9.72. The molecule has 0 spiro atoms. The van der Waals surface area contributed by atoms with Crippen LogP contribution in [0.1, 0.15) is 5.89 Å². The van der Waals surface area contributed by atoms with E-state index in [2.05, 4.69) is 10.1 Å². The van der Waals surface area contributed by atoms with Crippen LogP contribution in [-0.2, 0) is 6.54 Å². The minimum absolute atomic E-state index is 0.00208. The van der Waals surface area contributed by atoms with Crippen molar-refractivity contribution in [1.29, 1.82) is 0 Å². The van der Waals surface area contributed by atoms with Gasteiger partial charge in [0.1, 0.15) is 11.6 Å². The monoisotopic (exact) mass is 257 g/mol. The van der Waals surface area contributed by atoms with Gasteiger partial charge in [-0.2, -0.15) is 4.98 Å². The van der Waals surface area contributed by atoms with Gasteiger partial charge in [0.25, 0.3) is 0 Å². The predicted octanol–water partition coefficient (Wildman–Crippen LogP) is 2.20. The molecule has 0 aliphatic rings. The molecule has 0 bridgehead atoms. The van der Waals surface area contributed by atoms with E-state index in [-0.39, 0.29) is 28.7 Å². The molecule has 2 rings (SSSR count). The summed E-state index contributed by atoms with van der Waals surface area (Å²) >= 11 is 1.11. The highest BCUT2D eigenvalue weighted by molar-refractivity contribution is 7.98. The van der Waals surface area contributed by atoms with Crippen molar-refractivity contribution in [3.63, 3.8) is 0 Å². The lowest BCUT2D eigenvalue weighted by Gasteiger charge is -2.03. The molecule has 1 aromatic carbocycles. The van der Waals surface area contributed by atoms with Crippen LogP contribution in [0.2, 0.25) is 0 Å². The fourth-order valence-electron chi connectivity index (χ4n) is 1.32. The van der Waals surface area contributed by atoms with Gasteiger partial charge in [-0.15, -0.1) is 11.8 Å². The van der Waals surface area contributed by atoms with E-state index < -0.39 is 11.6 Å². The summed E-state index contributed by atoms with van der Waals surface area (Å²) in [6.07, 6.45) is 1.66. The molecule has 1 heterocycles. The molecule has 0 saturated carbocycles. The summed E-state index contributed by atoms with van der Waals surface area (Å²) in [5.74, 6) is -0.944. The third-order valence-corrected chi connectivity index (χ3v) is 2.84. The van der Waals surface area contributed by atoms with E-state index in [0.29, 0.717) is 0 Å². The number of hydrogen-bond acceptors (Lipinski definition) is 5. The van der Waals surface area contributed by atoms with Crippen molar-refractivity contribution < 1.29 is 13.3 Å². The van der Waals surface area contributed by atoms with Gasteiger partial charge >= 0.3 is 0 Å². The molecule has 0 aliphatic heterocycles. The summed E-state index contributed by atoms with van der Waals surface area (Å²) in [5.41, 5.74) is 5.27. The molecule has 90 valence electrons. The van der Waals surface area contributed by atoms with E-state index in [1.165, 1.54) is 0 Å². The molecule has 0 amide bonds. The lowest BCUT2D eigenvalue weighted by molar-refractivity contribution is 0.380. The molecule has 0 aliphatic carbocycles. The minimum atomic E-state index is -0.566. The maximum absolute atomic E-state index is 13.9. The number of aromatic nitrogens is 2. The number of benzene rings is 1. The average Bonchev–Trinajstić information content (AvgIpc) is 2.80. The van der Waals surface area contributed by atoms with Crippen molar-refractivity contribution in [2.75, 3.05) is 6.26 Å². The largest absolute Gasteiger partial charge is 0.338 e. The van der Waals surface area contributed by atoms with Crippen LogP contribution >= 0.6 is 11.8 Å². The summed E-state index contributed by atoms with van der Waals surface area (Å²) in [4.78, 5) is 4.05. The van der Waals surface area contributed by atoms with Gasteiger partial charge in [-0.05, 0) is 18.4 Å². The number of thioether (sulfide) groups is 1. The van der Waals surface area contributed by atoms with Gasteiger partial charge < -0.3 is 10.3 Å². The second-order valence-corrected chi connectivity index (χ2v) is 4.03. The summed E-state index contributed by atoms with van der Waals surface area (Å²) in [5, 5.41) is 3.55. The first-order chi connectivity index (χ1) is 8.15. The Labute approximate surface area is 100 Å². The van der Waals surface area contributed by atoms with Crippen molar-refractivity contribution in [3.8, 4) is 11.4 Å². The van der Waals surface area contributed by atoms with Crippen LogP contribution in [0.15, 0.2) is 21.6 Å². The van der Waals surface area contributed by atoms with Crippen LogP contribution in [0.4, 0.5) is 8.78 Å². The predicted molar refractivity (Wildman–Crippen MR) is 59.3 cm³/mol. The van der Waals surface area contributed by atoms with Crippen LogP contribution in [0.25, 0.3) is 11.4 Å². The van der Waals surface area contributed by atoms with E-state index in [4.69, 9.17) is 10.3 Å². The number of hydrogen-bond donors (Lipinski definition) is 1. The van der Waals surface area contributed by atoms with Gasteiger partial charge in [-0.3, -0.25) is 0 Å². The molecule has 17 heavy (non-hydrogen) atoms. The van der Waals surface area contributed by atoms with Gasteiger partial charge in [-0.1, -0.05) is 5.16 Å². The van der Waals surface area contributed by atoms with Crippen LogP contribution in [0.3, 0.4) is 0 Å². The number of halogens is 2. The third kappa shape index (κ3) is 2.29. The fourth-order valence-corrected chi connectivity index (χ4v) is 1.84. The maximum Gasteiger partial charge on any atom is 0.240 e. The first-order valence-corrected chi connectivity index (χ1v) is 5.94. The lowest BCUT2D eigenvalue weighted by Crippen LogP contribution is -1.96. The van der Waals surface area contributed by atoms with Crippen LogP contribution in [0.5, 0.6) is 0 Å². The Hall–Kier alpha value is -1.47. The third-order valence-electron chi connectivity index (χ3n) is 2.11. The van der Waals surface area contributed by atoms with Crippen molar-refractivity contribution in [2.24, 2.45) is 5.73 Å². The van der Waals surface area contributed by atoms with E-state index in [1.807, 2.05) is 0 Å². The number of nitrogens with zero attached hydrogens (tertiary/aromatic N) is 2. The van der Waals surface area contributed by atoms with Crippen molar-refractivity contribution in [1.82, 2.24) is 10.1 Å². The molecule has 0 saturated heterocycles. The fraction of sp³-hybridized carbons (Fsp3) is 0.200. The Morgan fingerprint density at radius 2 is 2.18 bits per heavy atom. The highest BCUT2D eigenvalue weighted by Gasteiger charge is 2.16. The Morgan fingerprint density at radius 1 is 1.41 bits per heavy atom. The van der Waals surface area contributed by atoms with Gasteiger partial charge in [-0.25, -0.2) is 8.78 Å². The van der Waals surface area contributed by atoms with E-state index in [0.717, 1.165) is 23.9 Å². The Bertz CT molecular complexity index is 544. The van der Waals surface area contributed by atoms with Crippen LogP contribution in [0, 0.1) is 11.6 Å². The van der Waals surface area contributed by atoms with Crippen LogP contribution < -0.4 is 5.73 Å². The molecular weight excluding hydrogens is 248 g/mol. The second-order valence-electron chi connectivity index (χ2n) is 3.19. The standard InChI is InChI=1S/C10H9F2N3OS/c1-17-7-3-5(11)2-6(9(7)12)10-14-8(4-13)16-15-10/h2-3H,4,13H2,1H3. The first kappa shape index (κ1) is 12.0. The number of rotatable bonds is 3. The zero-order chi connectivity index (χ0) is 12.4. The molecule has 0 fully saturated rings. The maximum atomic E-state index is 13.9. The van der Waals surface area contributed by atoms with Crippen molar-refractivity contribution in [3.05, 3.63) is 29.7 Å². The first-order valence-electron chi connectivity index (χ1n) is 4.71. The lowest BCUT2D eigenvalue weighted by atomic mass is 10.2. The Kier molecular flexibility index (Phi) is 3.39. The summed E-state index contributed by atoms with van der Waals surface area (Å²) < 4.78 is 31.9. The van der Waals surface area contributed by atoms with Gasteiger partial charge in [0.2, 0.25) is 11.7 Å². The smallest absolute Gasteiger partial charge is 0.240 e. The highest BCUT2D eigenvalue weighted by atomic mass is 32.2. The zero-order valence-electron chi connectivity index (χ0n) is 8.91. The highest BCUT2D eigenvalue weighted by Crippen LogP contribution is 2.29. The second kappa shape index (κ2) is 4.80. The molecule has 0 atom stereocenters. The van der Waals surface area contributed by atoms with Gasteiger partial charge in [0.15, 0.2) is 0 Å². The molecule has 7 heteroatoms. The SMILES string of the molecule is CSc1cc(F)cc(-c2noc(CN)n2)c1F. The molecular formula is C10H9F2N3OS. The minimum Gasteiger partial charge on any atom is -0.338 e. The average molecular weight is 257 g/mol. The molecule has 0 unspecified atom stereocenters. The summed E-state index contributed by atoms with van der Waals surface area (Å²) in [7, 11) is 0. The quantitative estimate of drug-likeness (QED) is 0.854. The molecule has 1 aromatic heterocycles. The van der Waals surface area contributed by atoms with E-state index >= 15 is 0 Å². The van der Waals surface area contributed by atoms with Gasteiger partial charge in [0.05, 0.1) is 12.1 Å². The van der Waals surface area contributed by atoms with Gasteiger partial charge in [0, 0.05) is 4.90 Å². The Morgan fingerprint density at radius 3 is 2.76 bits per heavy atom. The number of nitrogens with two attached hydrogens (primary N) is 1. The van der Waals surface area contributed by atoms with E-state index in [9.17, 15) is 8.78 Å². The van der Waals surface area contributed by atoms with Crippen molar-refractivity contribution >= 4 is 11.8 Å². The van der Waals surface area contributed by atoms with Crippen LogP contribution in [-0.4, -0.2) is 16.4 Å². The summed E-state index contributed by atoms with van der Waals surface area (Å²) in [6.45, 7) is 0.0549. The van der Waals surface area contributed by atoms with Crippen molar-refractivity contribution in [2.45, 2.75) is 11.4 Å². The normalized spacial score (nSPS) is 10.8. The molecule has 4 nitrogen and oxygen atoms in total. The Balaban J connectivity index is 2.54. The molecule has 0 radical (unpaired) electrons. The van der Waals surface area contributed by atoms with E-state index in [1.54, 1.807) is 6.26 Å². The molecule has 2 aromatic rings. The topological polar surface area (TPSA) is 64.9 Å². The summed E-state index contributed by atoms with van der Waals surface area (Å²) in [6, 6.07) is 2.15. The molecule has 2 N–H and O–H groups in total.